The molecule has 0 saturated carbocycles. The van der Waals surface area contributed by atoms with Gasteiger partial charge in [-0.05, 0) is 43.5 Å². The lowest BCUT2D eigenvalue weighted by molar-refractivity contribution is 0.739. The Hall–Kier alpha value is -1.41. The van der Waals surface area contributed by atoms with Gasteiger partial charge in [-0.2, -0.15) is 0 Å². The van der Waals surface area contributed by atoms with Crippen LogP contribution in [0, 0.1) is 6.92 Å². The highest BCUT2D eigenvalue weighted by Gasteiger charge is 2.11. The van der Waals surface area contributed by atoms with Crippen molar-refractivity contribution < 1.29 is 0 Å². The minimum atomic E-state index is 1.12. The van der Waals surface area contributed by atoms with E-state index in [0.717, 1.165) is 13.1 Å². The van der Waals surface area contributed by atoms with E-state index in [4.69, 9.17) is 0 Å². The van der Waals surface area contributed by atoms with Gasteiger partial charge in [0.25, 0.3) is 0 Å². The Kier molecular flexibility index (Phi) is 6.19. The van der Waals surface area contributed by atoms with Crippen LogP contribution in [0.1, 0.15) is 32.3 Å². The van der Waals surface area contributed by atoms with Crippen molar-refractivity contribution in [2.45, 2.75) is 43.4 Å². The van der Waals surface area contributed by atoms with Crippen molar-refractivity contribution in [3.05, 3.63) is 54.1 Å². The molecule has 0 radical (unpaired) electrons. The standard InChI is InChI=1S/C19H25NS/c1-4-14-20(15-5-2)17-11-7-9-13-19(17)21-18-12-8-6-10-16(18)3/h6-13H,4-5,14-15H2,1-3H3. The largest absolute Gasteiger partial charge is 0.371 e. The molecule has 2 aromatic rings. The lowest BCUT2D eigenvalue weighted by atomic mass is 10.2. The van der Waals surface area contributed by atoms with Crippen LogP contribution in [-0.2, 0) is 0 Å². The lowest BCUT2D eigenvalue weighted by Gasteiger charge is -2.26. The lowest BCUT2D eigenvalue weighted by Crippen LogP contribution is -2.25. The Labute approximate surface area is 133 Å². The molecule has 0 heterocycles. The van der Waals surface area contributed by atoms with E-state index in [2.05, 4.69) is 74.2 Å². The quantitative estimate of drug-likeness (QED) is 0.638. The van der Waals surface area contributed by atoms with Crippen LogP contribution >= 0.6 is 11.8 Å². The summed E-state index contributed by atoms with van der Waals surface area (Å²) in [6.07, 6.45) is 2.37. The third-order valence-corrected chi connectivity index (χ3v) is 4.75. The molecule has 21 heavy (non-hydrogen) atoms. The summed E-state index contributed by atoms with van der Waals surface area (Å²) in [5.41, 5.74) is 2.71. The molecule has 0 bridgehead atoms. The van der Waals surface area contributed by atoms with Crippen molar-refractivity contribution in [2.24, 2.45) is 0 Å². The van der Waals surface area contributed by atoms with E-state index < -0.39 is 0 Å². The van der Waals surface area contributed by atoms with Gasteiger partial charge in [0.15, 0.2) is 0 Å². The molecule has 0 aromatic heterocycles. The van der Waals surface area contributed by atoms with Crippen molar-refractivity contribution in [3.63, 3.8) is 0 Å². The zero-order valence-corrected chi connectivity index (χ0v) is 14.1. The van der Waals surface area contributed by atoms with E-state index in [0.29, 0.717) is 0 Å². The average molecular weight is 299 g/mol. The molecular formula is C19H25NS. The van der Waals surface area contributed by atoms with E-state index in [1.807, 2.05) is 11.8 Å². The smallest absolute Gasteiger partial charge is 0.0508 e. The summed E-state index contributed by atoms with van der Waals surface area (Å²) in [6, 6.07) is 17.4. The van der Waals surface area contributed by atoms with Crippen LogP contribution in [0.5, 0.6) is 0 Å². The van der Waals surface area contributed by atoms with Gasteiger partial charge in [-0.1, -0.05) is 55.9 Å². The van der Waals surface area contributed by atoms with Gasteiger partial charge in [-0.15, -0.1) is 0 Å². The van der Waals surface area contributed by atoms with E-state index >= 15 is 0 Å². The highest BCUT2D eigenvalue weighted by atomic mass is 32.2. The van der Waals surface area contributed by atoms with Gasteiger partial charge in [0.1, 0.15) is 0 Å². The van der Waals surface area contributed by atoms with E-state index in [1.165, 1.54) is 33.9 Å². The third kappa shape index (κ3) is 4.28. The number of aryl methyl sites for hydroxylation is 1. The molecule has 0 N–H and O–H groups in total. The molecule has 0 fully saturated rings. The molecule has 0 unspecified atom stereocenters. The van der Waals surface area contributed by atoms with Gasteiger partial charge in [0.2, 0.25) is 0 Å². The topological polar surface area (TPSA) is 3.24 Å². The summed E-state index contributed by atoms with van der Waals surface area (Å²) in [5.74, 6) is 0. The minimum Gasteiger partial charge on any atom is -0.371 e. The van der Waals surface area contributed by atoms with Gasteiger partial charge < -0.3 is 4.90 Å². The molecule has 0 aliphatic heterocycles. The second kappa shape index (κ2) is 8.14. The molecule has 0 spiro atoms. The van der Waals surface area contributed by atoms with Crippen molar-refractivity contribution in [1.29, 1.82) is 0 Å². The molecule has 112 valence electrons. The Morgan fingerprint density at radius 3 is 2.00 bits per heavy atom. The van der Waals surface area contributed by atoms with Gasteiger partial charge >= 0.3 is 0 Å². The Morgan fingerprint density at radius 2 is 1.38 bits per heavy atom. The molecule has 0 amide bonds. The predicted octanol–water partition coefficient (Wildman–Crippen LogP) is 5.77. The van der Waals surface area contributed by atoms with E-state index in [1.54, 1.807) is 0 Å². The second-order valence-electron chi connectivity index (χ2n) is 5.32. The molecule has 0 aliphatic carbocycles. The molecule has 2 heteroatoms. The molecular weight excluding hydrogens is 274 g/mol. The number of rotatable bonds is 7. The normalized spacial score (nSPS) is 10.6. The van der Waals surface area contributed by atoms with Crippen LogP contribution in [0.3, 0.4) is 0 Å². The molecule has 0 aliphatic rings. The molecule has 0 saturated heterocycles. The fraction of sp³-hybridized carbons (Fsp3) is 0.368. The van der Waals surface area contributed by atoms with Crippen LogP contribution in [0.4, 0.5) is 5.69 Å². The summed E-state index contributed by atoms with van der Waals surface area (Å²) in [7, 11) is 0. The highest BCUT2D eigenvalue weighted by Crippen LogP contribution is 2.36. The fourth-order valence-corrected chi connectivity index (χ4v) is 3.55. The van der Waals surface area contributed by atoms with Crippen LogP contribution in [0.2, 0.25) is 0 Å². The zero-order chi connectivity index (χ0) is 15.1. The number of nitrogens with zero attached hydrogens (tertiary/aromatic N) is 1. The summed E-state index contributed by atoms with van der Waals surface area (Å²) in [5, 5.41) is 0. The van der Waals surface area contributed by atoms with E-state index in [-0.39, 0.29) is 0 Å². The number of anilines is 1. The maximum atomic E-state index is 2.51. The average Bonchev–Trinajstić information content (AvgIpc) is 2.50. The number of para-hydroxylation sites is 1. The van der Waals surface area contributed by atoms with Crippen molar-refractivity contribution >= 4 is 17.4 Å². The first-order valence-corrected chi connectivity index (χ1v) is 8.65. The van der Waals surface area contributed by atoms with Crippen molar-refractivity contribution in [1.82, 2.24) is 0 Å². The first kappa shape index (κ1) is 16.0. The van der Waals surface area contributed by atoms with Crippen LogP contribution < -0.4 is 4.90 Å². The SMILES string of the molecule is CCCN(CCC)c1ccccc1Sc1ccccc1C. The maximum Gasteiger partial charge on any atom is 0.0508 e. The van der Waals surface area contributed by atoms with Gasteiger partial charge in [0, 0.05) is 22.9 Å². The minimum absolute atomic E-state index is 1.12. The van der Waals surface area contributed by atoms with Gasteiger partial charge in [-0.3, -0.25) is 0 Å². The fourth-order valence-electron chi connectivity index (χ4n) is 2.49. The molecule has 0 atom stereocenters. The Balaban J connectivity index is 2.29. The number of benzene rings is 2. The summed E-state index contributed by atoms with van der Waals surface area (Å²) in [6.45, 7) is 8.93. The summed E-state index contributed by atoms with van der Waals surface area (Å²) >= 11 is 1.88. The first-order valence-electron chi connectivity index (χ1n) is 7.83. The number of hydrogen-bond donors (Lipinski definition) is 0. The second-order valence-corrected chi connectivity index (χ2v) is 6.41. The van der Waals surface area contributed by atoms with Crippen LogP contribution in [0.15, 0.2) is 58.3 Å². The maximum absolute atomic E-state index is 2.51. The van der Waals surface area contributed by atoms with E-state index in [9.17, 15) is 0 Å². The monoisotopic (exact) mass is 299 g/mol. The van der Waals surface area contributed by atoms with Crippen LogP contribution in [0.25, 0.3) is 0 Å². The van der Waals surface area contributed by atoms with Crippen molar-refractivity contribution in [2.75, 3.05) is 18.0 Å². The predicted molar refractivity (Wildman–Crippen MR) is 94.5 cm³/mol. The summed E-state index contributed by atoms with van der Waals surface area (Å²) < 4.78 is 0. The zero-order valence-electron chi connectivity index (χ0n) is 13.3. The molecule has 2 aromatic carbocycles. The Morgan fingerprint density at radius 1 is 0.810 bits per heavy atom. The highest BCUT2D eigenvalue weighted by molar-refractivity contribution is 7.99. The Bertz CT molecular complexity index is 559. The van der Waals surface area contributed by atoms with Crippen LogP contribution in [-0.4, -0.2) is 13.1 Å². The molecule has 1 nitrogen and oxygen atoms in total. The molecule has 2 rings (SSSR count). The first-order chi connectivity index (χ1) is 10.3. The van der Waals surface area contributed by atoms with Crippen molar-refractivity contribution in [3.8, 4) is 0 Å². The van der Waals surface area contributed by atoms with Gasteiger partial charge in [0.05, 0.1) is 5.69 Å². The third-order valence-electron chi connectivity index (χ3n) is 3.51. The summed E-state index contributed by atoms with van der Waals surface area (Å²) in [4.78, 5) is 5.22. The number of hydrogen-bond acceptors (Lipinski definition) is 2. The van der Waals surface area contributed by atoms with Gasteiger partial charge in [-0.25, -0.2) is 0 Å².